The highest BCUT2D eigenvalue weighted by Gasteiger charge is 2.14. The molecule has 0 spiro atoms. The summed E-state index contributed by atoms with van der Waals surface area (Å²) in [5.41, 5.74) is 4.52. The van der Waals surface area contributed by atoms with Crippen molar-refractivity contribution < 1.29 is 0 Å². The molecule has 0 aliphatic carbocycles. The largest absolute Gasteiger partial charge is 0.298 e. The molecule has 0 radical (unpaired) electrons. The van der Waals surface area contributed by atoms with Crippen molar-refractivity contribution in [3.8, 4) is 0 Å². The lowest BCUT2D eigenvalue weighted by Crippen LogP contribution is -2.38. The van der Waals surface area contributed by atoms with Crippen molar-refractivity contribution in [3.05, 3.63) is 34.9 Å². The molecule has 1 aromatic rings. The molecule has 0 unspecified atom stereocenters. The Morgan fingerprint density at radius 1 is 0.762 bits per heavy atom. The molecule has 0 fully saturated rings. The molecule has 0 aliphatic heterocycles. The highest BCUT2D eigenvalue weighted by Crippen LogP contribution is 2.27. The zero-order valence-corrected chi connectivity index (χ0v) is 15.4. The first-order valence-electron chi connectivity index (χ1n) is 8.62. The van der Waals surface area contributed by atoms with Gasteiger partial charge in [0.05, 0.1) is 0 Å². The first-order chi connectivity index (χ1) is 9.73. The van der Waals surface area contributed by atoms with Gasteiger partial charge in [0.1, 0.15) is 0 Å². The van der Waals surface area contributed by atoms with E-state index >= 15 is 0 Å². The summed E-state index contributed by atoms with van der Waals surface area (Å²) in [5.74, 6) is 1.22. The van der Waals surface area contributed by atoms with E-state index < -0.39 is 0 Å². The van der Waals surface area contributed by atoms with Crippen LogP contribution in [0.25, 0.3) is 0 Å². The quantitative estimate of drug-likeness (QED) is 0.632. The van der Waals surface area contributed by atoms with Gasteiger partial charge < -0.3 is 0 Å². The summed E-state index contributed by atoms with van der Waals surface area (Å²) in [6.07, 6.45) is 1.15. The van der Waals surface area contributed by atoms with Crippen LogP contribution in [0.2, 0.25) is 0 Å². The molecule has 0 bridgehead atoms. The fourth-order valence-corrected chi connectivity index (χ4v) is 3.18. The Morgan fingerprint density at radius 3 is 1.71 bits per heavy atom. The molecule has 0 saturated heterocycles. The second kappa shape index (κ2) is 7.98. The topological polar surface area (TPSA) is 3.24 Å². The SMILES string of the molecule is CC(C)c1ccc(CCN(C(C)C)C(C)C)cc1C(C)C. The summed E-state index contributed by atoms with van der Waals surface area (Å²) in [7, 11) is 0. The Bertz CT molecular complexity index is 421. The minimum absolute atomic E-state index is 0.605. The van der Waals surface area contributed by atoms with Crippen LogP contribution in [0.1, 0.15) is 83.9 Å². The fourth-order valence-electron chi connectivity index (χ4n) is 3.18. The third kappa shape index (κ3) is 5.14. The van der Waals surface area contributed by atoms with E-state index in [1.807, 2.05) is 0 Å². The van der Waals surface area contributed by atoms with Gasteiger partial charge in [-0.25, -0.2) is 0 Å². The minimum Gasteiger partial charge on any atom is -0.298 e. The maximum absolute atomic E-state index is 2.57. The molecule has 0 aliphatic rings. The molecular formula is C20H35N. The second-order valence-electron chi connectivity index (χ2n) is 7.45. The van der Waals surface area contributed by atoms with Crippen molar-refractivity contribution in [3.63, 3.8) is 0 Å². The zero-order chi connectivity index (χ0) is 16.2. The number of benzene rings is 1. The van der Waals surface area contributed by atoms with Gasteiger partial charge in [-0.1, -0.05) is 45.9 Å². The standard InChI is InChI=1S/C20H35N/c1-14(2)19-10-9-18(13-20(19)15(3)4)11-12-21(16(5)6)17(7)8/h9-10,13-17H,11-12H2,1-8H3. The van der Waals surface area contributed by atoms with E-state index in [4.69, 9.17) is 0 Å². The lowest BCUT2D eigenvalue weighted by Gasteiger charge is -2.30. The van der Waals surface area contributed by atoms with Gasteiger partial charge in [0.2, 0.25) is 0 Å². The van der Waals surface area contributed by atoms with E-state index in [2.05, 4.69) is 78.5 Å². The van der Waals surface area contributed by atoms with Crippen LogP contribution in [-0.2, 0) is 6.42 Å². The molecule has 1 rings (SSSR count). The summed E-state index contributed by atoms with van der Waals surface area (Å²) in [4.78, 5) is 2.57. The molecule has 0 saturated carbocycles. The van der Waals surface area contributed by atoms with Crippen LogP contribution in [0.5, 0.6) is 0 Å². The third-order valence-electron chi connectivity index (χ3n) is 4.38. The van der Waals surface area contributed by atoms with Gasteiger partial charge in [0.25, 0.3) is 0 Å². The average molecular weight is 290 g/mol. The van der Waals surface area contributed by atoms with Gasteiger partial charge in [0, 0.05) is 18.6 Å². The van der Waals surface area contributed by atoms with E-state index in [-0.39, 0.29) is 0 Å². The predicted octanol–water partition coefficient (Wildman–Crippen LogP) is 5.59. The van der Waals surface area contributed by atoms with E-state index in [0.717, 1.165) is 13.0 Å². The molecule has 0 aromatic heterocycles. The van der Waals surface area contributed by atoms with Crippen molar-refractivity contribution in [2.24, 2.45) is 0 Å². The highest BCUT2D eigenvalue weighted by atomic mass is 15.2. The smallest absolute Gasteiger partial charge is 0.00414 e. The zero-order valence-electron chi connectivity index (χ0n) is 15.4. The minimum atomic E-state index is 0.605. The van der Waals surface area contributed by atoms with Crippen LogP contribution >= 0.6 is 0 Å². The molecule has 1 aromatic carbocycles. The van der Waals surface area contributed by atoms with Crippen LogP contribution in [0, 0.1) is 0 Å². The lowest BCUT2D eigenvalue weighted by molar-refractivity contribution is 0.177. The van der Waals surface area contributed by atoms with Crippen LogP contribution in [0.3, 0.4) is 0 Å². The average Bonchev–Trinajstić information content (AvgIpc) is 2.37. The van der Waals surface area contributed by atoms with Crippen LogP contribution in [0.15, 0.2) is 18.2 Å². The summed E-state index contributed by atoms with van der Waals surface area (Å²) >= 11 is 0. The van der Waals surface area contributed by atoms with Crippen molar-refractivity contribution in [2.75, 3.05) is 6.54 Å². The van der Waals surface area contributed by atoms with E-state index in [9.17, 15) is 0 Å². The Kier molecular flexibility index (Phi) is 6.93. The highest BCUT2D eigenvalue weighted by molar-refractivity contribution is 5.36. The van der Waals surface area contributed by atoms with Crippen LogP contribution in [0.4, 0.5) is 0 Å². The maximum Gasteiger partial charge on any atom is 0.00414 e. The molecule has 0 atom stereocenters. The van der Waals surface area contributed by atoms with Crippen LogP contribution < -0.4 is 0 Å². The summed E-state index contributed by atoms with van der Waals surface area (Å²) in [5, 5.41) is 0. The second-order valence-corrected chi connectivity index (χ2v) is 7.45. The van der Waals surface area contributed by atoms with Crippen molar-refractivity contribution in [2.45, 2.75) is 85.7 Å². The lowest BCUT2D eigenvalue weighted by atomic mass is 9.88. The van der Waals surface area contributed by atoms with E-state index in [1.54, 1.807) is 0 Å². The van der Waals surface area contributed by atoms with Gasteiger partial charge >= 0.3 is 0 Å². The molecule has 0 amide bonds. The number of hydrogen-bond acceptors (Lipinski definition) is 1. The Labute approximate surface area is 132 Å². The van der Waals surface area contributed by atoms with Crippen molar-refractivity contribution in [1.82, 2.24) is 4.90 Å². The van der Waals surface area contributed by atoms with Gasteiger partial charge in [0.15, 0.2) is 0 Å². The molecule has 0 N–H and O–H groups in total. The number of hydrogen-bond donors (Lipinski definition) is 0. The number of nitrogens with zero attached hydrogens (tertiary/aromatic N) is 1. The van der Waals surface area contributed by atoms with Crippen LogP contribution in [-0.4, -0.2) is 23.5 Å². The Balaban J connectivity index is 2.88. The van der Waals surface area contributed by atoms with Gasteiger partial charge in [-0.3, -0.25) is 4.90 Å². The summed E-state index contributed by atoms with van der Waals surface area (Å²) in [6, 6.07) is 8.36. The Hall–Kier alpha value is -0.820. The van der Waals surface area contributed by atoms with Crippen molar-refractivity contribution in [1.29, 1.82) is 0 Å². The van der Waals surface area contributed by atoms with E-state index in [1.165, 1.54) is 16.7 Å². The van der Waals surface area contributed by atoms with E-state index in [0.29, 0.717) is 23.9 Å². The van der Waals surface area contributed by atoms with Gasteiger partial charge in [-0.15, -0.1) is 0 Å². The molecule has 0 heterocycles. The first-order valence-corrected chi connectivity index (χ1v) is 8.62. The molecule has 21 heavy (non-hydrogen) atoms. The maximum atomic E-state index is 2.57. The Morgan fingerprint density at radius 2 is 1.29 bits per heavy atom. The normalized spacial score (nSPS) is 12.4. The third-order valence-corrected chi connectivity index (χ3v) is 4.38. The monoisotopic (exact) mass is 289 g/mol. The van der Waals surface area contributed by atoms with Crippen molar-refractivity contribution >= 4 is 0 Å². The molecule has 120 valence electrons. The molecular weight excluding hydrogens is 254 g/mol. The fraction of sp³-hybridized carbons (Fsp3) is 0.700. The van der Waals surface area contributed by atoms with Gasteiger partial charge in [-0.2, -0.15) is 0 Å². The molecule has 1 nitrogen and oxygen atoms in total. The first kappa shape index (κ1) is 18.2. The number of rotatable bonds is 7. The molecule has 1 heteroatoms. The summed E-state index contributed by atoms with van der Waals surface area (Å²) < 4.78 is 0. The summed E-state index contributed by atoms with van der Waals surface area (Å²) in [6.45, 7) is 19.5. The predicted molar refractivity (Wildman–Crippen MR) is 95.3 cm³/mol. The van der Waals surface area contributed by atoms with Gasteiger partial charge in [-0.05, 0) is 62.6 Å².